The number of allylic oxidation sites excluding steroid dienone is 2. The summed E-state index contributed by atoms with van der Waals surface area (Å²) >= 11 is 0. The lowest BCUT2D eigenvalue weighted by Crippen LogP contribution is -2.41. The van der Waals surface area contributed by atoms with Gasteiger partial charge in [-0.3, -0.25) is 0 Å². The summed E-state index contributed by atoms with van der Waals surface area (Å²) in [5, 5.41) is 0. The second-order valence-corrected chi connectivity index (χ2v) is 5.96. The van der Waals surface area contributed by atoms with Crippen LogP contribution in [0.1, 0.15) is 59.8 Å². The van der Waals surface area contributed by atoms with Crippen LogP contribution >= 0.6 is 0 Å². The molecule has 2 heteroatoms. The first kappa shape index (κ1) is 14.1. The molecular formula is C15H24O2. The van der Waals surface area contributed by atoms with Crippen molar-refractivity contribution in [2.45, 2.75) is 59.8 Å². The van der Waals surface area contributed by atoms with Crippen LogP contribution < -0.4 is 0 Å². The van der Waals surface area contributed by atoms with Gasteiger partial charge >= 0.3 is 0 Å². The molecular weight excluding hydrogens is 212 g/mol. The van der Waals surface area contributed by atoms with Crippen molar-refractivity contribution in [1.29, 1.82) is 0 Å². The highest BCUT2D eigenvalue weighted by Gasteiger charge is 2.46. The lowest BCUT2D eigenvalue weighted by atomic mass is 9.54. The number of Topliss-reactive ketones (excluding diaryl/α,β-unsaturated/α-hetero) is 1. The fourth-order valence-electron chi connectivity index (χ4n) is 3.22. The molecule has 0 aromatic rings. The van der Waals surface area contributed by atoms with Crippen LogP contribution in [0.15, 0.2) is 11.6 Å². The molecule has 1 atom stereocenters. The maximum absolute atomic E-state index is 11.2. The largest absolute Gasteiger partial charge is 0.303 e. The quantitative estimate of drug-likeness (QED) is 0.539. The van der Waals surface area contributed by atoms with E-state index in [1.807, 2.05) is 0 Å². The van der Waals surface area contributed by atoms with Crippen molar-refractivity contribution in [3.8, 4) is 0 Å². The Balaban J connectivity index is 3.08. The van der Waals surface area contributed by atoms with Gasteiger partial charge in [0, 0.05) is 18.3 Å². The van der Waals surface area contributed by atoms with E-state index in [0.717, 1.165) is 25.5 Å². The van der Waals surface area contributed by atoms with Crippen molar-refractivity contribution < 1.29 is 9.59 Å². The standard InChI is InChI=1S/C15H24O2/c1-12-6-5-8-14(3,4)15(12,10-11-16)9-7-13(2)17/h6,11H,5,7-10H2,1-4H3. The topological polar surface area (TPSA) is 34.1 Å². The normalized spacial score (nSPS) is 27.4. The molecule has 17 heavy (non-hydrogen) atoms. The van der Waals surface area contributed by atoms with Crippen molar-refractivity contribution in [2.75, 3.05) is 0 Å². The Labute approximate surface area is 104 Å². The molecule has 1 unspecified atom stereocenters. The molecule has 96 valence electrons. The Kier molecular flexibility index (Phi) is 4.29. The Hall–Kier alpha value is -0.920. The van der Waals surface area contributed by atoms with Crippen LogP contribution in [0, 0.1) is 10.8 Å². The first-order valence-electron chi connectivity index (χ1n) is 6.46. The second-order valence-electron chi connectivity index (χ2n) is 5.96. The lowest BCUT2D eigenvalue weighted by Gasteiger charge is -2.50. The van der Waals surface area contributed by atoms with E-state index in [0.29, 0.717) is 12.8 Å². The van der Waals surface area contributed by atoms with Crippen LogP contribution in [0.25, 0.3) is 0 Å². The molecule has 0 spiro atoms. The van der Waals surface area contributed by atoms with E-state index in [9.17, 15) is 9.59 Å². The third kappa shape index (κ3) is 2.67. The van der Waals surface area contributed by atoms with Crippen LogP contribution in [0.5, 0.6) is 0 Å². The smallest absolute Gasteiger partial charge is 0.129 e. The van der Waals surface area contributed by atoms with E-state index < -0.39 is 0 Å². The number of hydrogen-bond acceptors (Lipinski definition) is 2. The van der Waals surface area contributed by atoms with Gasteiger partial charge in [-0.1, -0.05) is 25.5 Å². The SMILES string of the molecule is CC(=O)CCC1(CC=O)C(C)=CCCC1(C)C. The first-order valence-corrected chi connectivity index (χ1v) is 6.46. The summed E-state index contributed by atoms with van der Waals surface area (Å²) < 4.78 is 0. The molecule has 0 amide bonds. The molecule has 0 saturated carbocycles. The highest BCUT2D eigenvalue weighted by molar-refractivity contribution is 5.75. The molecule has 0 aromatic carbocycles. The zero-order valence-corrected chi connectivity index (χ0v) is 11.5. The second kappa shape index (κ2) is 5.16. The van der Waals surface area contributed by atoms with Gasteiger partial charge in [-0.25, -0.2) is 0 Å². The number of aldehydes is 1. The van der Waals surface area contributed by atoms with E-state index >= 15 is 0 Å². The van der Waals surface area contributed by atoms with Gasteiger partial charge in [-0.2, -0.15) is 0 Å². The number of rotatable bonds is 5. The zero-order valence-electron chi connectivity index (χ0n) is 11.5. The average molecular weight is 236 g/mol. The molecule has 1 aliphatic rings. The Morgan fingerprint density at radius 3 is 2.59 bits per heavy atom. The minimum Gasteiger partial charge on any atom is -0.303 e. The molecule has 0 fully saturated rings. The number of ketones is 1. The van der Waals surface area contributed by atoms with Gasteiger partial charge in [0.15, 0.2) is 0 Å². The predicted octanol–water partition coefficient (Wildman–Crippen LogP) is 3.70. The maximum atomic E-state index is 11.2. The average Bonchev–Trinajstić information content (AvgIpc) is 2.21. The number of carbonyl (C=O) groups excluding carboxylic acids is 2. The summed E-state index contributed by atoms with van der Waals surface area (Å²) in [6.07, 6.45) is 7.35. The fourth-order valence-corrected chi connectivity index (χ4v) is 3.22. The Morgan fingerprint density at radius 1 is 1.47 bits per heavy atom. The highest BCUT2D eigenvalue weighted by Crippen LogP contribution is 2.55. The summed E-state index contributed by atoms with van der Waals surface area (Å²) in [7, 11) is 0. The molecule has 0 saturated heterocycles. The van der Waals surface area contributed by atoms with Crippen molar-refractivity contribution in [1.82, 2.24) is 0 Å². The van der Waals surface area contributed by atoms with E-state index in [-0.39, 0.29) is 16.6 Å². The van der Waals surface area contributed by atoms with Gasteiger partial charge in [0.05, 0.1) is 0 Å². The maximum Gasteiger partial charge on any atom is 0.129 e. The van der Waals surface area contributed by atoms with Gasteiger partial charge in [0.1, 0.15) is 12.1 Å². The molecule has 1 rings (SSSR count). The molecule has 2 nitrogen and oxygen atoms in total. The summed E-state index contributed by atoms with van der Waals surface area (Å²) in [4.78, 5) is 22.3. The monoisotopic (exact) mass is 236 g/mol. The summed E-state index contributed by atoms with van der Waals surface area (Å²) in [5.41, 5.74) is 1.28. The van der Waals surface area contributed by atoms with Crippen molar-refractivity contribution in [3.05, 3.63) is 11.6 Å². The summed E-state index contributed by atoms with van der Waals surface area (Å²) in [6, 6.07) is 0. The van der Waals surface area contributed by atoms with Gasteiger partial charge in [0.2, 0.25) is 0 Å². The van der Waals surface area contributed by atoms with E-state index in [1.165, 1.54) is 5.57 Å². The Bertz CT molecular complexity index is 339. The van der Waals surface area contributed by atoms with Crippen LogP contribution in [0.4, 0.5) is 0 Å². The lowest BCUT2D eigenvalue weighted by molar-refractivity contribution is -0.119. The zero-order chi connectivity index (χ0) is 13.1. The Morgan fingerprint density at radius 2 is 2.12 bits per heavy atom. The third-order valence-corrected chi connectivity index (χ3v) is 4.61. The number of hydrogen-bond donors (Lipinski definition) is 0. The minimum absolute atomic E-state index is 0.0994. The molecule has 0 N–H and O–H groups in total. The van der Waals surface area contributed by atoms with Gasteiger partial charge in [0.25, 0.3) is 0 Å². The summed E-state index contributed by atoms with van der Waals surface area (Å²) in [6.45, 7) is 8.20. The van der Waals surface area contributed by atoms with Crippen LogP contribution in [-0.4, -0.2) is 12.1 Å². The molecule has 0 aromatic heterocycles. The summed E-state index contributed by atoms with van der Waals surface area (Å²) in [5.74, 6) is 0.212. The number of carbonyl (C=O) groups is 2. The van der Waals surface area contributed by atoms with Crippen molar-refractivity contribution in [3.63, 3.8) is 0 Å². The van der Waals surface area contributed by atoms with Gasteiger partial charge < -0.3 is 9.59 Å². The molecule has 0 heterocycles. The molecule has 0 bridgehead atoms. The van der Waals surface area contributed by atoms with Crippen molar-refractivity contribution >= 4 is 12.1 Å². The minimum atomic E-state index is -0.112. The molecule has 0 radical (unpaired) electrons. The van der Waals surface area contributed by atoms with Crippen LogP contribution in [0.3, 0.4) is 0 Å². The fraction of sp³-hybridized carbons (Fsp3) is 0.733. The highest BCUT2D eigenvalue weighted by atomic mass is 16.1. The van der Waals surface area contributed by atoms with Crippen LogP contribution in [0.2, 0.25) is 0 Å². The molecule has 1 aliphatic carbocycles. The molecule has 0 aliphatic heterocycles. The van der Waals surface area contributed by atoms with Gasteiger partial charge in [-0.15, -0.1) is 0 Å². The third-order valence-electron chi connectivity index (χ3n) is 4.61. The van der Waals surface area contributed by atoms with E-state index in [2.05, 4.69) is 26.8 Å². The van der Waals surface area contributed by atoms with Crippen LogP contribution in [-0.2, 0) is 9.59 Å². The first-order chi connectivity index (χ1) is 7.85. The predicted molar refractivity (Wildman–Crippen MR) is 69.8 cm³/mol. The van der Waals surface area contributed by atoms with E-state index in [4.69, 9.17) is 0 Å². The van der Waals surface area contributed by atoms with E-state index in [1.54, 1.807) is 6.92 Å². The van der Waals surface area contributed by atoms with Crippen molar-refractivity contribution in [2.24, 2.45) is 10.8 Å². The van der Waals surface area contributed by atoms with Gasteiger partial charge in [-0.05, 0) is 38.5 Å².